The molecule has 1 N–H and O–H groups in total. The molecule has 2 atom stereocenters. The van der Waals surface area contributed by atoms with Crippen molar-refractivity contribution >= 4 is 41.8 Å². The van der Waals surface area contributed by atoms with Crippen molar-refractivity contribution in [1.82, 2.24) is 24.9 Å². The number of nitrogens with zero attached hydrogens (tertiary/aromatic N) is 5. The maximum atomic E-state index is 12.5. The first kappa shape index (κ1) is 26.1. The minimum atomic E-state index is -0.234. The van der Waals surface area contributed by atoms with Crippen LogP contribution in [0.4, 0.5) is 0 Å². The van der Waals surface area contributed by atoms with Gasteiger partial charge in [0.05, 0.1) is 6.04 Å². The summed E-state index contributed by atoms with van der Waals surface area (Å²) < 4.78 is 5.54. The van der Waals surface area contributed by atoms with Crippen molar-refractivity contribution in [3.8, 4) is 0 Å². The third-order valence-corrected chi connectivity index (χ3v) is 6.30. The predicted molar refractivity (Wildman–Crippen MR) is 132 cm³/mol. The number of halogens is 1. The Morgan fingerprint density at radius 3 is 2.39 bits per heavy atom. The number of aliphatic imine (C=N–C) groups is 1. The lowest BCUT2D eigenvalue weighted by Gasteiger charge is -2.37. The van der Waals surface area contributed by atoms with E-state index in [9.17, 15) is 9.59 Å². The van der Waals surface area contributed by atoms with E-state index in [1.54, 1.807) is 11.9 Å². The molecular weight excluding hydrogens is 511 g/mol. The number of carbonyl (C=O) groups is 2. The van der Waals surface area contributed by atoms with Crippen molar-refractivity contribution in [2.45, 2.75) is 44.2 Å². The highest BCUT2D eigenvalue weighted by atomic mass is 127. The Hall–Kier alpha value is -1.14. The summed E-state index contributed by atoms with van der Waals surface area (Å²) in [5, 5.41) is 3.45. The van der Waals surface area contributed by atoms with Gasteiger partial charge in [-0.25, -0.2) is 0 Å². The van der Waals surface area contributed by atoms with Crippen molar-refractivity contribution in [3.05, 3.63) is 0 Å². The van der Waals surface area contributed by atoms with Crippen LogP contribution in [-0.4, -0.2) is 123 Å². The van der Waals surface area contributed by atoms with E-state index < -0.39 is 0 Å². The largest absolute Gasteiger partial charge is 0.368 e. The van der Waals surface area contributed by atoms with Gasteiger partial charge in [0, 0.05) is 67.0 Å². The first-order valence-electron chi connectivity index (χ1n) is 11.3. The topological polar surface area (TPSA) is 80.7 Å². The highest BCUT2D eigenvalue weighted by Crippen LogP contribution is 2.19. The molecule has 0 aromatic carbocycles. The van der Waals surface area contributed by atoms with Crippen molar-refractivity contribution in [1.29, 1.82) is 0 Å². The van der Waals surface area contributed by atoms with E-state index in [0.29, 0.717) is 19.7 Å². The molecule has 3 fully saturated rings. The summed E-state index contributed by atoms with van der Waals surface area (Å²) in [4.78, 5) is 37.4. The monoisotopic (exact) mass is 550 g/mol. The smallest absolute Gasteiger partial charge is 0.251 e. The zero-order valence-corrected chi connectivity index (χ0v) is 21.5. The average Bonchev–Trinajstić information content (AvgIpc) is 3.45. The van der Waals surface area contributed by atoms with Crippen molar-refractivity contribution in [2.75, 3.05) is 73.6 Å². The predicted octanol–water partition coefficient (Wildman–Crippen LogP) is 0.446. The van der Waals surface area contributed by atoms with Crippen LogP contribution in [0, 0.1) is 0 Å². The van der Waals surface area contributed by atoms with Gasteiger partial charge in [-0.15, -0.1) is 24.0 Å². The molecule has 3 aliphatic heterocycles. The molecule has 2 amide bonds. The van der Waals surface area contributed by atoms with E-state index in [0.717, 1.165) is 70.8 Å². The summed E-state index contributed by atoms with van der Waals surface area (Å²) in [6.45, 7) is 6.42. The number of hydrogen-bond acceptors (Lipinski definition) is 5. The number of ether oxygens (including phenoxy) is 1. The number of likely N-dealkylation sites (tertiary alicyclic amines) is 1. The van der Waals surface area contributed by atoms with Crippen LogP contribution in [0.2, 0.25) is 0 Å². The lowest BCUT2D eigenvalue weighted by Crippen LogP contribution is -2.55. The number of rotatable bonds is 6. The van der Waals surface area contributed by atoms with Crippen LogP contribution in [0.25, 0.3) is 0 Å². The van der Waals surface area contributed by atoms with Gasteiger partial charge in [0.15, 0.2) is 5.96 Å². The summed E-state index contributed by atoms with van der Waals surface area (Å²) in [5.74, 6) is 1.25. The quantitative estimate of drug-likeness (QED) is 0.224. The molecule has 0 spiro atoms. The molecule has 0 aliphatic carbocycles. The van der Waals surface area contributed by atoms with Crippen LogP contribution in [0.3, 0.4) is 0 Å². The second-order valence-electron chi connectivity index (χ2n) is 8.57. The summed E-state index contributed by atoms with van der Waals surface area (Å²) in [6, 6.07) is 0.0359. The fraction of sp³-hybridized carbons (Fsp3) is 0.857. The molecule has 3 rings (SSSR count). The minimum Gasteiger partial charge on any atom is -0.368 e. The Balaban J connectivity index is 0.00000341. The number of nitrogens with one attached hydrogen (secondary N) is 1. The maximum absolute atomic E-state index is 12.5. The summed E-state index contributed by atoms with van der Waals surface area (Å²) in [5.41, 5.74) is 0. The van der Waals surface area contributed by atoms with Gasteiger partial charge in [-0.2, -0.15) is 0 Å². The van der Waals surface area contributed by atoms with E-state index in [2.05, 4.69) is 20.1 Å². The molecule has 9 nitrogen and oxygen atoms in total. The first-order chi connectivity index (χ1) is 14.5. The summed E-state index contributed by atoms with van der Waals surface area (Å²) in [6.07, 6.45) is 4.61. The van der Waals surface area contributed by atoms with Crippen LogP contribution >= 0.6 is 24.0 Å². The Bertz CT molecular complexity index is 618. The SMILES string of the molecule is CN=C(NCCCN1CCCC1C(=O)N(C)C)N1CCN(C(=O)C2CCCO2)CC1.I. The molecule has 0 aromatic heterocycles. The second kappa shape index (κ2) is 12.8. The van der Waals surface area contributed by atoms with E-state index in [1.165, 1.54) is 0 Å². The zero-order valence-electron chi connectivity index (χ0n) is 19.2. The normalized spacial score (nSPS) is 24.8. The van der Waals surface area contributed by atoms with Gasteiger partial charge in [0.25, 0.3) is 5.91 Å². The molecule has 3 saturated heterocycles. The molecule has 3 aliphatic rings. The molecule has 2 unspecified atom stereocenters. The molecule has 0 radical (unpaired) electrons. The van der Waals surface area contributed by atoms with Gasteiger partial charge < -0.3 is 24.8 Å². The Labute approximate surface area is 203 Å². The lowest BCUT2D eigenvalue weighted by atomic mass is 10.2. The van der Waals surface area contributed by atoms with Gasteiger partial charge >= 0.3 is 0 Å². The van der Waals surface area contributed by atoms with Gasteiger partial charge in [-0.3, -0.25) is 19.5 Å². The molecule has 0 saturated carbocycles. The van der Waals surface area contributed by atoms with Crippen LogP contribution in [0.1, 0.15) is 32.1 Å². The lowest BCUT2D eigenvalue weighted by molar-refractivity contribution is -0.142. The third kappa shape index (κ3) is 6.92. The van der Waals surface area contributed by atoms with Gasteiger partial charge in [0.1, 0.15) is 6.10 Å². The van der Waals surface area contributed by atoms with Gasteiger partial charge in [-0.05, 0) is 38.6 Å². The van der Waals surface area contributed by atoms with Crippen molar-refractivity contribution in [2.24, 2.45) is 4.99 Å². The number of piperazine rings is 1. The molecule has 3 heterocycles. The van der Waals surface area contributed by atoms with Gasteiger partial charge in [0.2, 0.25) is 5.91 Å². The van der Waals surface area contributed by atoms with Crippen LogP contribution < -0.4 is 5.32 Å². The van der Waals surface area contributed by atoms with Crippen LogP contribution in [0.15, 0.2) is 4.99 Å². The molecule has 0 bridgehead atoms. The fourth-order valence-electron chi connectivity index (χ4n) is 4.60. The Kier molecular flexibility index (Phi) is 10.8. The zero-order chi connectivity index (χ0) is 21.5. The highest BCUT2D eigenvalue weighted by Gasteiger charge is 2.32. The number of hydrogen-bond donors (Lipinski definition) is 1. The molecule has 31 heavy (non-hydrogen) atoms. The summed E-state index contributed by atoms with van der Waals surface area (Å²) >= 11 is 0. The van der Waals surface area contributed by atoms with Crippen LogP contribution in [0.5, 0.6) is 0 Å². The highest BCUT2D eigenvalue weighted by molar-refractivity contribution is 14.0. The van der Waals surface area contributed by atoms with Gasteiger partial charge in [-0.1, -0.05) is 0 Å². The van der Waals surface area contributed by atoms with E-state index >= 15 is 0 Å². The Morgan fingerprint density at radius 2 is 1.77 bits per heavy atom. The minimum absolute atomic E-state index is 0. The maximum Gasteiger partial charge on any atom is 0.251 e. The Morgan fingerprint density at radius 1 is 1.06 bits per heavy atom. The van der Waals surface area contributed by atoms with E-state index in [1.807, 2.05) is 19.0 Å². The fourth-order valence-corrected chi connectivity index (χ4v) is 4.60. The average molecular weight is 550 g/mol. The number of guanidine groups is 1. The summed E-state index contributed by atoms with van der Waals surface area (Å²) in [7, 11) is 5.47. The molecule has 0 aromatic rings. The number of carbonyl (C=O) groups excluding carboxylic acids is 2. The number of amides is 2. The number of likely N-dealkylation sites (N-methyl/N-ethyl adjacent to an activating group) is 1. The second-order valence-corrected chi connectivity index (χ2v) is 8.57. The third-order valence-electron chi connectivity index (χ3n) is 6.30. The van der Waals surface area contributed by atoms with Crippen molar-refractivity contribution < 1.29 is 14.3 Å². The van der Waals surface area contributed by atoms with Crippen molar-refractivity contribution in [3.63, 3.8) is 0 Å². The molecular formula is C21H39IN6O3. The molecule has 10 heteroatoms. The standard InChI is InChI=1S/C21H38N6O3.HI/c1-22-21(23-9-6-11-25-10-4-7-17(25)19(28)24(2)3)27-14-12-26(13-15-27)20(29)18-8-5-16-30-18;/h17-18H,4-16H2,1-3H3,(H,22,23);1H. The van der Waals surface area contributed by atoms with Crippen LogP contribution in [-0.2, 0) is 14.3 Å². The molecule has 178 valence electrons. The van der Waals surface area contributed by atoms with E-state index in [4.69, 9.17) is 4.74 Å². The van der Waals surface area contributed by atoms with E-state index in [-0.39, 0.29) is 47.9 Å². The first-order valence-corrected chi connectivity index (χ1v) is 11.3.